The molecule has 0 aromatic carbocycles. The predicted molar refractivity (Wildman–Crippen MR) is 76.0 cm³/mol. The highest BCUT2D eigenvalue weighted by molar-refractivity contribution is 5.56. The van der Waals surface area contributed by atoms with Crippen molar-refractivity contribution in [3.8, 4) is 11.5 Å². The van der Waals surface area contributed by atoms with Gasteiger partial charge in [0.15, 0.2) is 5.82 Å². The van der Waals surface area contributed by atoms with E-state index in [-0.39, 0.29) is 0 Å². The minimum atomic E-state index is 0.656. The minimum absolute atomic E-state index is 0.656. The van der Waals surface area contributed by atoms with Crippen LogP contribution in [0.25, 0.3) is 11.5 Å². The molecule has 0 radical (unpaired) electrons. The first-order chi connectivity index (χ1) is 9.26. The summed E-state index contributed by atoms with van der Waals surface area (Å²) in [5.41, 5.74) is 2.93. The van der Waals surface area contributed by atoms with Crippen molar-refractivity contribution in [2.45, 2.75) is 33.6 Å². The lowest BCUT2D eigenvalue weighted by Crippen LogP contribution is -2.09. The highest BCUT2D eigenvalue weighted by atomic mass is 15.0. The molecule has 5 heteroatoms. The molecule has 2 aromatic rings. The van der Waals surface area contributed by atoms with Crippen molar-refractivity contribution >= 4 is 5.82 Å². The van der Waals surface area contributed by atoms with Gasteiger partial charge in [0.1, 0.15) is 17.8 Å². The standard InChI is InChI=1S/C14H19N5/c1-4-7-16-13-10(3)11(5-2)18-14(19-13)12-6-8-15-9-17-12/h6,8-9H,4-5,7H2,1-3H3,(H,16,18,19). The van der Waals surface area contributed by atoms with E-state index in [2.05, 4.69) is 46.0 Å². The summed E-state index contributed by atoms with van der Waals surface area (Å²) in [6.07, 6.45) is 5.17. The Morgan fingerprint density at radius 1 is 1.21 bits per heavy atom. The van der Waals surface area contributed by atoms with Gasteiger partial charge in [-0.05, 0) is 25.8 Å². The molecule has 0 aliphatic rings. The second-order valence-corrected chi connectivity index (χ2v) is 4.34. The molecule has 0 fully saturated rings. The summed E-state index contributed by atoms with van der Waals surface area (Å²) in [4.78, 5) is 17.3. The molecular weight excluding hydrogens is 238 g/mol. The largest absolute Gasteiger partial charge is 0.370 e. The van der Waals surface area contributed by atoms with Crippen molar-refractivity contribution in [2.75, 3.05) is 11.9 Å². The van der Waals surface area contributed by atoms with Crippen molar-refractivity contribution in [1.82, 2.24) is 19.9 Å². The molecule has 0 saturated heterocycles. The van der Waals surface area contributed by atoms with E-state index in [9.17, 15) is 0 Å². The van der Waals surface area contributed by atoms with E-state index in [1.54, 1.807) is 6.20 Å². The fourth-order valence-electron chi connectivity index (χ4n) is 1.86. The first-order valence-electron chi connectivity index (χ1n) is 6.64. The molecular formula is C14H19N5. The Kier molecular flexibility index (Phi) is 4.39. The maximum atomic E-state index is 4.59. The van der Waals surface area contributed by atoms with Crippen molar-refractivity contribution in [3.63, 3.8) is 0 Å². The number of nitrogens with zero attached hydrogens (tertiary/aromatic N) is 4. The van der Waals surface area contributed by atoms with E-state index in [1.165, 1.54) is 6.33 Å². The van der Waals surface area contributed by atoms with Crippen molar-refractivity contribution in [1.29, 1.82) is 0 Å². The van der Waals surface area contributed by atoms with Gasteiger partial charge in [0.05, 0.1) is 0 Å². The molecule has 5 nitrogen and oxygen atoms in total. The van der Waals surface area contributed by atoms with Crippen LogP contribution in [0.1, 0.15) is 31.5 Å². The summed E-state index contributed by atoms with van der Waals surface area (Å²) >= 11 is 0. The molecule has 0 unspecified atom stereocenters. The van der Waals surface area contributed by atoms with Gasteiger partial charge in [0.25, 0.3) is 0 Å². The number of hydrogen-bond acceptors (Lipinski definition) is 5. The Bertz CT molecular complexity index is 539. The average molecular weight is 257 g/mol. The molecule has 0 amide bonds. The molecule has 0 atom stereocenters. The van der Waals surface area contributed by atoms with Crippen LogP contribution >= 0.6 is 0 Å². The molecule has 0 aliphatic carbocycles. The van der Waals surface area contributed by atoms with Crippen LogP contribution in [-0.4, -0.2) is 26.5 Å². The molecule has 2 aromatic heterocycles. The molecule has 19 heavy (non-hydrogen) atoms. The SMILES string of the molecule is CCCNc1nc(-c2ccncn2)nc(CC)c1C. The van der Waals surface area contributed by atoms with Crippen LogP contribution in [0.4, 0.5) is 5.82 Å². The highest BCUT2D eigenvalue weighted by Crippen LogP contribution is 2.20. The molecule has 100 valence electrons. The second kappa shape index (κ2) is 6.22. The van der Waals surface area contributed by atoms with Gasteiger partial charge in [-0.3, -0.25) is 0 Å². The van der Waals surface area contributed by atoms with E-state index in [4.69, 9.17) is 0 Å². The lowest BCUT2D eigenvalue weighted by Gasteiger charge is -2.12. The van der Waals surface area contributed by atoms with Crippen LogP contribution in [0.5, 0.6) is 0 Å². The Hall–Kier alpha value is -2.04. The molecule has 0 spiro atoms. The van der Waals surface area contributed by atoms with Gasteiger partial charge < -0.3 is 5.32 Å². The average Bonchev–Trinajstić information content (AvgIpc) is 2.47. The number of aromatic nitrogens is 4. The summed E-state index contributed by atoms with van der Waals surface area (Å²) < 4.78 is 0. The van der Waals surface area contributed by atoms with Gasteiger partial charge in [-0.15, -0.1) is 0 Å². The normalized spacial score (nSPS) is 10.5. The van der Waals surface area contributed by atoms with Crippen molar-refractivity contribution in [2.24, 2.45) is 0 Å². The number of anilines is 1. The predicted octanol–water partition coefficient (Wildman–Crippen LogP) is 2.63. The van der Waals surface area contributed by atoms with E-state index < -0.39 is 0 Å². The molecule has 2 rings (SSSR count). The van der Waals surface area contributed by atoms with Crippen molar-refractivity contribution in [3.05, 3.63) is 29.8 Å². The van der Waals surface area contributed by atoms with Crippen LogP contribution in [-0.2, 0) is 6.42 Å². The van der Waals surface area contributed by atoms with Gasteiger partial charge in [-0.25, -0.2) is 19.9 Å². The number of nitrogens with one attached hydrogen (secondary N) is 1. The van der Waals surface area contributed by atoms with Gasteiger partial charge in [0, 0.05) is 24.0 Å². The van der Waals surface area contributed by atoms with Crippen LogP contribution < -0.4 is 5.32 Å². The minimum Gasteiger partial charge on any atom is -0.370 e. The van der Waals surface area contributed by atoms with Gasteiger partial charge in [-0.2, -0.15) is 0 Å². The zero-order valence-electron chi connectivity index (χ0n) is 11.6. The number of rotatable bonds is 5. The first-order valence-corrected chi connectivity index (χ1v) is 6.64. The summed E-state index contributed by atoms with van der Waals surface area (Å²) in [6.45, 7) is 7.20. The lowest BCUT2D eigenvalue weighted by molar-refractivity contribution is 0.932. The van der Waals surface area contributed by atoms with Crippen LogP contribution in [0.15, 0.2) is 18.6 Å². The second-order valence-electron chi connectivity index (χ2n) is 4.34. The zero-order chi connectivity index (χ0) is 13.7. The van der Waals surface area contributed by atoms with E-state index in [0.717, 1.165) is 42.2 Å². The van der Waals surface area contributed by atoms with Crippen LogP contribution in [0.3, 0.4) is 0 Å². The topological polar surface area (TPSA) is 63.6 Å². The molecule has 0 bridgehead atoms. The third kappa shape index (κ3) is 3.05. The Balaban J connectivity index is 2.45. The van der Waals surface area contributed by atoms with Crippen LogP contribution in [0.2, 0.25) is 0 Å². The van der Waals surface area contributed by atoms with E-state index in [1.807, 2.05) is 6.07 Å². The quantitative estimate of drug-likeness (QED) is 0.892. The van der Waals surface area contributed by atoms with Gasteiger partial charge in [0.2, 0.25) is 0 Å². The first kappa shape index (κ1) is 13.4. The maximum Gasteiger partial charge on any atom is 0.180 e. The fraction of sp³-hybridized carbons (Fsp3) is 0.429. The number of hydrogen-bond donors (Lipinski definition) is 1. The zero-order valence-corrected chi connectivity index (χ0v) is 11.6. The summed E-state index contributed by atoms with van der Waals surface area (Å²) in [5, 5.41) is 3.35. The molecule has 1 N–H and O–H groups in total. The highest BCUT2D eigenvalue weighted by Gasteiger charge is 2.11. The Morgan fingerprint density at radius 3 is 2.68 bits per heavy atom. The van der Waals surface area contributed by atoms with Crippen LogP contribution in [0, 0.1) is 6.92 Å². The fourth-order valence-corrected chi connectivity index (χ4v) is 1.86. The van der Waals surface area contributed by atoms with Crippen molar-refractivity contribution < 1.29 is 0 Å². The van der Waals surface area contributed by atoms with Gasteiger partial charge in [-0.1, -0.05) is 13.8 Å². The van der Waals surface area contributed by atoms with Gasteiger partial charge >= 0.3 is 0 Å². The van der Waals surface area contributed by atoms with E-state index in [0.29, 0.717) is 5.82 Å². The molecule has 0 saturated carbocycles. The Labute approximate surface area is 113 Å². The summed E-state index contributed by atoms with van der Waals surface area (Å²) in [6, 6.07) is 1.83. The monoisotopic (exact) mass is 257 g/mol. The third-order valence-corrected chi connectivity index (χ3v) is 2.94. The number of aryl methyl sites for hydroxylation is 1. The lowest BCUT2D eigenvalue weighted by atomic mass is 10.2. The summed E-state index contributed by atoms with van der Waals surface area (Å²) in [5.74, 6) is 1.56. The maximum absolute atomic E-state index is 4.59. The van der Waals surface area contributed by atoms with E-state index >= 15 is 0 Å². The Morgan fingerprint density at radius 2 is 2.05 bits per heavy atom. The third-order valence-electron chi connectivity index (χ3n) is 2.94. The summed E-state index contributed by atoms with van der Waals surface area (Å²) in [7, 11) is 0. The smallest absolute Gasteiger partial charge is 0.180 e. The molecule has 2 heterocycles. The molecule has 0 aliphatic heterocycles.